The molecule has 1 amide bonds. The summed E-state index contributed by atoms with van der Waals surface area (Å²) < 4.78 is 14.3. The molecule has 0 bridgehead atoms. The standard InChI is InChI=1S/C10H14N2O6/c1-16-4-5-17-3-2-11-9(13)7-6-8(10(14)15)18-12-7/h6H,2-5H2,1H3,(H,11,13)(H,14,15). The van der Waals surface area contributed by atoms with E-state index in [1.165, 1.54) is 0 Å². The molecule has 0 aliphatic rings. The Labute approximate surface area is 103 Å². The molecule has 0 unspecified atom stereocenters. The van der Waals surface area contributed by atoms with Crippen molar-refractivity contribution < 1.29 is 28.7 Å². The Bertz CT molecular complexity index is 403. The SMILES string of the molecule is COCCOCCNC(=O)c1cc(C(=O)O)on1. The molecule has 0 radical (unpaired) electrons. The zero-order valence-corrected chi connectivity index (χ0v) is 9.84. The fraction of sp³-hybridized carbons (Fsp3) is 0.500. The van der Waals surface area contributed by atoms with E-state index < -0.39 is 11.9 Å². The second-order valence-corrected chi connectivity index (χ2v) is 3.24. The number of nitrogens with one attached hydrogen (secondary N) is 1. The average Bonchev–Trinajstić information content (AvgIpc) is 2.83. The van der Waals surface area contributed by atoms with Crippen molar-refractivity contribution in [3.05, 3.63) is 17.5 Å². The van der Waals surface area contributed by atoms with Crippen LogP contribution in [0.3, 0.4) is 0 Å². The van der Waals surface area contributed by atoms with Crippen LogP contribution in [-0.2, 0) is 9.47 Å². The Kier molecular flexibility index (Phi) is 5.81. The lowest BCUT2D eigenvalue weighted by atomic mass is 10.3. The van der Waals surface area contributed by atoms with E-state index in [-0.39, 0.29) is 18.0 Å². The van der Waals surface area contributed by atoms with Gasteiger partial charge in [-0.25, -0.2) is 4.79 Å². The predicted molar refractivity (Wildman–Crippen MR) is 58.5 cm³/mol. The number of rotatable bonds is 8. The van der Waals surface area contributed by atoms with Gasteiger partial charge < -0.3 is 24.4 Å². The minimum absolute atomic E-state index is 0.0794. The monoisotopic (exact) mass is 258 g/mol. The number of carbonyl (C=O) groups is 2. The lowest BCUT2D eigenvalue weighted by Gasteiger charge is -2.04. The number of aromatic carboxylic acids is 1. The summed E-state index contributed by atoms with van der Waals surface area (Å²) in [6, 6.07) is 1.06. The van der Waals surface area contributed by atoms with Crippen molar-refractivity contribution in [3.8, 4) is 0 Å². The van der Waals surface area contributed by atoms with E-state index in [0.717, 1.165) is 6.07 Å². The molecule has 0 aliphatic heterocycles. The number of amides is 1. The highest BCUT2D eigenvalue weighted by atomic mass is 16.5. The smallest absolute Gasteiger partial charge is 0.374 e. The highest BCUT2D eigenvalue weighted by molar-refractivity contribution is 5.94. The summed E-state index contributed by atoms with van der Waals surface area (Å²) in [6.07, 6.45) is 0. The maximum absolute atomic E-state index is 11.5. The molecule has 0 saturated heterocycles. The van der Waals surface area contributed by atoms with E-state index in [9.17, 15) is 9.59 Å². The summed E-state index contributed by atoms with van der Waals surface area (Å²) in [5.74, 6) is -2.16. The number of carboxylic acids is 1. The predicted octanol–water partition coefficient (Wildman–Crippen LogP) is -0.234. The second-order valence-electron chi connectivity index (χ2n) is 3.24. The van der Waals surface area contributed by atoms with Crippen LogP contribution in [0.2, 0.25) is 0 Å². The van der Waals surface area contributed by atoms with Crippen molar-refractivity contribution >= 4 is 11.9 Å². The van der Waals surface area contributed by atoms with Crippen LogP contribution in [0.25, 0.3) is 0 Å². The number of nitrogens with zero attached hydrogens (tertiary/aromatic N) is 1. The Morgan fingerprint density at radius 2 is 2.22 bits per heavy atom. The van der Waals surface area contributed by atoms with Crippen LogP contribution in [-0.4, -0.2) is 55.6 Å². The molecule has 8 heteroatoms. The van der Waals surface area contributed by atoms with Gasteiger partial charge in [-0.2, -0.15) is 0 Å². The van der Waals surface area contributed by atoms with Crippen molar-refractivity contribution in [3.63, 3.8) is 0 Å². The van der Waals surface area contributed by atoms with E-state index >= 15 is 0 Å². The van der Waals surface area contributed by atoms with E-state index in [0.29, 0.717) is 19.8 Å². The Morgan fingerprint density at radius 3 is 2.83 bits per heavy atom. The van der Waals surface area contributed by atoms with Crippen LogP contribution in [0.15, 0.2) is 10.6 Å². The summed E-state index contributed by atoms with van der Waals surface area (Å²) in [6.45, 7) is 1.55. The zero-order chi connectivity index (χ0) is 13.4. The zero-order valence-electron chi connectivity index (χ0n) is 9.84. The maximum atomic E-state index is 11.5. The number of hydrogen-bond donors (Lipinski definition) is 2. The summed E-state index contributed by atoms with van der Waals surface area (Å²) in [5.41, 5.74) is -0.0794. The van der Waals surface area contributed by atoms with Crippen LogP contribution in [0.1, 0.15) is 21.0 Å². The first-order valence-electron chi connectivity index (χ1n) is 5.20. The molecule has 1 aromatic rings. The highest BCUT2D eigenvalue weighted by Gasteiger charge is 2.15. The first-order valence-corrected chi connectivity index (χ1v) is 5.20. The van der Waals surface area contributed by atoms with Gasteiger partial charge in [0.25, 0.3) is 5.91 Å². The van der Waals surface area contributed by atoms with Crippen molar-refractivity contribution in [2.75, 3.05) is 33.5 Å². The van der Waals surface area contributed by atoms with Crippen molar-refractivity contribution in [2.24, 2.45) is 0 Å². The Morgan fingerprint density at radius 1 is 1.44 bits per heavy atom. The molecule has 0 aromatic carbocycles. The molecule has 0 saturated carbocycles. The van der Waals surface area contributed by atoms with E-state index in [1.54, 1.807) is 7.11 Å². The number of carbonyl (C=O) groups excluding carboxylic acids is 1. The minimum atomic E-state index is -1.27. The second kappa shape index (κ2) is 7.41. The van der Waals surface area contributed by atoms with Crippen LogP contribution in [0.5, 0.6) is 0 Å². The number of carboxylic acid groups (broad SMARTS) is 1. The molecule has 0 aliphatic carbocycles. The summed E-state index contributed by atoms with van der Waals surface area (Å²) in [4.78, 5) is 22.0. The van der Waals surface area contributed by atoms with Gasteiger partial charge in [0, 0.05) is 19.7 Å². The lowest BCUT2D eigenvalue weighted by molar-refractivity contribution is 0.0650. The van der Waals surface area contributed by atoms with Crippen molar-refractivity contribution in [2.45, 2.75) is 0 Å². The molecule has 100 valence electrons. The number of aromatic nitrogens is 1. The highest BCUT2D eigenvalue weighted by Crippen LogP contribution is 2.02. The summed E-state index contributed by atoms with van der Waals surface area (Å²) in [5, 5.41) is 14.4. The van der Waals surface area contributed by atoms with E-state index in [1.807, 2.05) is 0 Å². The average molecular weight is 258 g/mol. The van der Waals surface area contributed by atoms with Gasteiger partial charge in [0.2, 0.25) is 5.76 Å². The molecular weight excluding hydrogens is 244 g/mol. The first kappa shape index (κ1) is 14.1. The third kappa shape index (κ3) is 4.52. The van der Waals surface area contributed by atoms with Crippen LogP contribution < -0.4 is 5.32 Å². The maximum Gasteiger partial charge on any atom is 0.374 e. The molecule has 0 atom stereocenters. The van der Waals surface area contributed by atoms with Gasteiger partial charge in [-0.05, 0) is 0 Å². The van der Waals surface area contributed by atoms with Gasteiger partial charge in [-0.1, -0.05) is 5.16 Å². The summed E-state index contributed by atoms with van der Waals surface area (Å²) >= 11 is 0. The van der Waals surface area contributed by atoms with E-state index in [4.69, 9.17) is 14.6 Å². The fourth-order valence-electron chi connectivity index (χ4n) is 1.05. The molecule has 0 fully saturated rings. The first-order chi connectivity index (χ1) is 8.65. The number of hydrogen-bond acceptors (Lipinski definition) is 6. The largest absolute Gasteiger partial charge is 0.475 e. The molecule has 18 heavy (non-hydrogen) atoms. The quantitative estimate of drug-likeness (QED) is 0.619. The van der Waals surface area contributed by atoms with Crippen LogP contribution in [0.4, 0.5) is 0 Å². The third-order valence-electron chi connectivity index (χ3n) is 1.92. The minimum Gasteiger partial charge on any atom is -0.475 e. The molecule has 1 rings (SSSR count). The van der Waals surface area contributed by atoms with Gasteiger partial charge in [0.05, 0.1) is 19.8 Å². The number of methoxy groups -OCH3 is 1. The Balaban J connectivity index is 2.25. The topological polar surface area (TPSA) is 111 Å². The van der Waals surface area contributed by atoms with E-state index in [2.05, 4.69) is 15.0 Å². The summed E-state index contributed by atoms with van der Waals surface area (Å²) in [7, 11) is 1.57. The van der Waals surface area contributed by atoms with Crippen molar-refractivity contribution in [1.82, 2.24) is 10.5 Å². The van der Waals surface area contributed by atoms with Gasteiger partial charge in [0.15, 0.2) is 5.69 Å². The van der Waals surface area contributed by atoms with Gasteiger partial charge >= 0.3 is 5.97 Å². The fourth-order valence-corrected chi connectivity index (χ4v) is 1.05. The van der Waals surface area contributed by atoms with Crippen molar-refractivity contribution in [1.29, 1.82) is 0 Å². The van der Waals surface area contributed by atoms with Crippen LogP contribution >= 0.6 is 0 Å². The molecule has 1 heterocycles. The van der Waals surface area contributed by atoms with Gasteiger partial charge in [-0.15, -0.1) is 0 Å². The van der Waals surface area contributed by atoms with Gasteiger partial charge in [-0.3, -0.25) is 4.79 Å². The molecule has 8 nitrogen and oxygen atoms in total. The lowest BCUT2D eigenvalue weighted by Crippen LogP contribution is -2.27. The molecular formula is C10H14N2O6. The van der Waals surface area contributed by atoms with Crippen LogP contribution in [0, 0.1) is 0 Å². The molecule has 2 N–H and O–H groups in total. The van der Waals surface area contributed by atoms with Gasteiger partial charge in [0.1, 0.15) is 0 Å². The number of ether oxygens (including phenoxy) is 2. The Hall–Kier alpha value is -1.93. The normalized spacial score (nSPS) is 10.3. The third-order valence-corrected chi connectivity index (χ3v) is 1.92. The molecule has 0 spiro atoms. The molecule has 1 aromatic heterocycles.